The third-order valence-electron chi connectivity index (χ3n) is 4.62. The van der Waals surface area contributed by atoms with Crippen LogP contribution in [-0.4, -0.2) is 61.9 Å². The molecule has 1 atom stereocenters. The highest BCUT2D eigenvalue weighted by Gasteiger charge is 2.25. The van der Waals surface area contributed by atoms with Crippen LogP contribution in [0.15, 0.2) is 29.3 Å². The molecule has 1 aromatic carbocycles. The molecule has 1 fully saturated rings. The van der Waals surface area contributed by atoms with Gasteiger partial charge < -0.3 is 20.9 Å². The SMILES string of the molecule is CCNC(=NCCc1cccc(C(=O)NC)c1)NC1CCN(C(=O)CC)C1.I. The molecule has 7 nitrogen and oxygen atoms in total. The van der Waals surface area contributed by atoms with Gasteiger partial charge in [0.1, 0.15) is 0 Å². The molecule has 1 aliphatic rings. The third kappa shape index (κ3) is 7.29. The molecule has 2 amide bonds. The van der Waals surface area contributed by atoms with Crippen molar-refractivity contribution in [2.24, 2.45) is 4.99 Å². The lowest BCUT2D eigenvalue weighted by Gasteiger charge is -2.18. The van der Waals surface area contributed by atoms with E-state index in [2.05, 4.69) is 20.9 Å². The summed E-state index contributed by atoms with van der Waals surface area (Å²) in [5.41, 5.74) is 1.74. The number of guanidine groups is 1. The monoisotopic (exact) mass is 501 g/mol. The molecule has 1 saturated heterocycles. The number of nitrogens with zero attached hydrogens (tertiary/aromatic N) is 2. The number of halogens is 1. The highest BCUT2D eigenvalue weighted by atomic mass is 127. The number of hydrogen-bond acceptors (Lipinski definition) is 3. The smallest absolute Gasteiger partial charge is 0.251 e. The first-order valence-electron chi connectivity index (χ1n) is 9.71. The van der Waals surface area contributed by atoms with Crippen molar-refractivity contribution in [3.05, 3.63) is 35.4 Å². The molecular formula is C20H32IN5O2. The molecule has 3 N–H and O–H groups in total. The first kappa shape index (κ1) is 24.2. The number of aliphatic imine (C=N–C) groups is 1. The topological polar surface area (TPSA) is 85.8 Å². The second-order valence-electron chi connectivity index (χ2n) is 6.61. The highest BCUT2D eigenvalue weighted by molar-refractivity contribution is 14.0. The summed E-state index contributed by atoms with van der Waals surface area (Å²) in [6.45, 7) is 6.86. The second kappa shape index (κ2) is 12.6. The fraction of sp³-hybridized carbons (Fsp3) is 0.550. The van der Waals surface area contributed by atoms with Gasteiger partial charge in [-0.1, -0.05) is 19.1 Å². The van der Waals surface area contributed by atoms with E-state index >= 15 is 0 Å². The Kier molecular flexibility index (Phi) is 10.9. The van der Waals surface area contributed by atoms with Crippen molar-refractivity contribution in [1.82, 2.24) is 20.9 Å². The molecule has 8 heteroatoms. The van der Waals surface area contributed by atoms with Crippen LogP contribution in [0.25, 0.3) is 0 Å². The van der Waals surface area contributed by atoms with E-state index in [0.717, 1.165) is 44.0 Å². The van der Waals surface area contributed by atoms with E-state index < -0.39 is 0 Å². The summed E-state index contributed by atoms with van der Waals surface area (Å²) in [4.78, 5) is 30.1. The van der Waals surface area contributed by atoms with Crippen LogP contribution < -0.4 is 16.0 Å². The molecule has 1 unspecified atom stereocenters. The zero-order valence-electron chi connectivity index (χ0n) is 17.0. The number of likely N-dealkylation sites (tertiary alicyclic amines) is 1. The van der Waals surface area contributed by atoms with Crippen LogP contribution in [0, 0.1) is 0 Å². The maximum absolute atomic E-state index is 11.8. The van der Waals surface area contributed by atoms with Crippen molar-refractivity contribution in [2.75, 3.05) is 33.2 Å². The lowest BCUT2D eigenvalue weighted by atomic mass is 10.1. The Bertz CT molecular complexity index is 680. The summed E-state index contributed by atoms with van der Waals surface area (Å²) in [6, 6.07) is 7.84. The molecule has 0 saturated carbocycles. The van der Waals surface area contributed by atoms with E-state index in [1.807, 2.05) is 36.9 Å². The van der Waals surface area contributed by atoms with E-state index in [9.17, 15) is 9.59 Å². The maximum atomic E-state index is 11.8. The highest BCUT2D eigenvalue weighted by Crippen LogP contribution is 2.10. The van der Waals surface area contributed by atoms with Crippen molar-refractivity contribution in [3.63, 3.8) is 0 Å². The summed E-state index contributed by atoms with van der Waals surface area (Å²) < 4.78 is 0. The van der Waals surface area contributed by atoms with Gasteiger partial charge in [-0.3, -0.25) is 14.6 Å². The second-order valence-corrected chi connectivity index (χ2v) is 6.61. The molecule has 0 aromatic heterocycles. The first-order valence-corrected chi connectivity index (χ1v) is 9.71. The molecule has 2 rings (SSSR count). The first-order chi connectivity index (χ1) is 13.1. The average Bonchev–Trinajstić information content (AvgIpc) is 3.15. The summed E-state index contributed by atoms with van der Waals surface area (Å²) >= 11 is 0. The maximum Gasteiger partial charge on any atom is 0.251 e. The molecule has 0 aliphatic carbocycles. The van der Waals surface area contributed by atoms with Gasteiger partial charge in [0, 0.05) is 51.3 Å². The summed E-state index contributed by atoms with van der Waals surface area (Å²) in [7, 11) is 1.63. The van der Waals surface area contributed by atoms with Crippen molar-refractivity contribution in [3.8, 4) is 0 Å². The van der Waals surface area contributed by atoms with Gasteiger partial charge in [-0.2, -0.15) is 0 Å². The number of carbonyl (C=O) groups is 2. The van der Waals surface area contributed by atoms with Crippen LogP contribution in [-0.2, 0) is 11.2 Å². The van der Waals surface area contributed by atoms with Crippen molar-refractivity contribution < 1.29 is 9.59 Å². The molecule has 0 bridgehead atoms. The predicted molar refractivity (Wildman–Crippen MR) is 123 cm³/mol. The van der Waals surface area contributed by atoms with Gasteiger partial charge in [-0.05, 0) is 37.5 Å². The van der Waals surface area contributed by atoms with Gasteiger partial charge in [0.2, 0.25) is 5.91 Å². The van der Waals surface area contributed by atoms with Gasteiger partial charge in [-0.25, -0.2) is 0 Å². The van der Waals surface area contributed by atoms with Crippen LogP contribution in [0.4, 0.5) is 0 Å². The molecule has 28 heavy (non-hydrogen) atoms. The van der Waals surface area contributed by atoms with E-state index in [1.165, 1.54) is 0 Å². The third-order valence-corrected chi connectivity index (χ3v) is 4.62. The lowest BCUT2D eigenvalue weighted by molar-refractivity contribution is -0.129. The van der Waals surface area contributed by atoms with Gasteiger partial charge in [0.05, 0.1) is 0 Å². The Morgan fingerprint density at radius 2 is 2.07 bits per heavy atom. The molecule has 156 valence electrons. The summed E-state index contributed by atoms with van der Waals surface area (Å²) in [5.74, 6) is 0.899. The van der Waals surface area contributed by atoms with Gasteiger partial charge in [0.15, 0.2) is 5.96 Å². The van der Waals surface area contributed by atoms with Crippen molar-refractivity contribution in [1.29, 1.82) is 0 Å². The fourth-order valence-electron chi connectivity index (χ4n) is 3.15. The van der Waals surface area contributed by atoms with Crippen molar-refractivity contribution in [2.45, 2.75) is 39.2 Å². The number of rotatable bonds is 7. The largest absolute Gasteiger partial charge is 0.357 e. The number of carbonyl (C=O) groups excluding carboxylic acids is 2. The molecule has 1 aliphatic heterocycles. The molecule has 1 aromatic rings. The van der Waals surface area contributed by atoms with Crippen LogP contribution >= 0.6 is 24.0 Å². The van der Waals surface area contributed by atoms with Crippen LogP contribution in [0.2, 0.25) is 0 Å². The standard InChI is InChI=1S/C20H31N5O2.HI/c1-4-18(26)25-12-10-17(14-25)24-20(22-5-2)23-11-9-15-7-6-8-16(13-15)19(27)21-3;/h6-8,13,17H,4-5,9-12,14H2,1-3H3,(H,21,27)(H2,22,23,24);1H. The number of amides is 2. The Morgan fingerprint density at radius 1 is 1.29 bits per heavy atom. The lowest BCUT2D eigenvalue weighted by Crippen LogP contribution is -2.45. The van der Waals surface area contributed by atoms with E-state index in [-0.39, 0.29) is 41.8 Å². The summed E-state index contributed by atoms with van der Waals surface area (Å²) in [5, 5.41) is 9.34. The molecule has 0 radical (unpaired) electrons. The number of benzene rings is 1. The number of hydrogen-bond donors (Lipinski definition) is 3. The average molecular weight is 501 g/mol. The minimum atomic E-state index is -0.0808. The quantitative estimate of drug-likeness (QED) is 0.302. The van der Waals surface area contributed by atoms with E-state index in [4.69, 9.17) is 0 Å². The fourth-order valence-corrected chi connectivity index (χ4v) is 3.15. The molecule has 1 heterocycles. The Labute approximate surface area is 184 Å². The zero-order valence-corrected chi connectivity index (χ0v) is 19.3. The molecular weight excluding hydrogens is 469 g/mol. The Morgan fingerprint density at radius 3 is 2.75 bits per heavy atom. The van der Waals surface area contributed by atoms with Crippen LogP contribution in [0.5, 0.6) is 0 Å². The van der Waals surface area contributed by atoms with Crippen LogP contribution in [0.3, 0.4) is 0 Å². The predicted octanol–water partition coefficient (Wildman–Crippen LogP) is 1.77. The molecule has 0 spiro atoms. The van der Waals surface area contributed by atoms with E-state index in [1.54, 1.807) is 13.1 Å². The van der Waals surface area contributed by atoms with Crippen LogP contribution in [0.1, 0.15) is 42.6 Å². The normalized spacial score (nSPS) is 16.3. The van der Waals surface area contributed by atoms with Gasteiger partial charge in [-0.15, -0.1) is 24.0 Å². The van der Waals surface area contributed by atoms with Gasteiger partial charge >= 0.3 is 0 Å². The minimum Gasteiger partial charge on any atom is -0.357 e. The Hall–Kier alpha value is -1.84. The summed E-state index contributed by atoms with van der Waals surface area (Å²) in [6.07, 6.45) is 2.24. The number of nitrogens with one attached hydrogen (secondary N) is 3. The minimum absolute atomic E-state index is 0. The van der Waals surface area contributed by atoms with Crippen molar-refractivity contribution >= 4 is 41.8 Å². The van der Waals surface area contributed by atoms with E-state index in [0.29, 0.717) is 18.5 Å². The zero-order chi connectivity index (χ0) is 19.6. The Balaban J connectivity index is 0.00000392. The van der Waals surface area contributed by atoms with Gasteiger partial charge in [0.25, 0.3) is 5.91 Å².